The van der Waals surface area contributed by atoms with Crippen LogP contribution in [0.3, 0.4) is 0 Å². The van der Waals surface area contributed by atoms with Gasteiger partial charge in [0, 0.05) is 44.4 Å². The molecule has 0 atom stereocenters. The first-order valence-electron chi connectivity index (χ1n) is 15.0. The van der Waals surface area contributed by atoms with Gasteiger partial charge in [0.1, 0.15) is 0 Å². The van der Waals surface area contributed by atoms with E-state index in [9.17, 15) is 0 Å². The van der Waals surface area contributed by atoms with Crippen molar-refractivity contribution in [1.29, 1.82) is 0 Å². The summed E-state index contributed by atoms with van der Waals surface area (Å²) in [5.41, 5.74) is 11.3. The topological polar surface area (TPSA) is 22.8 Å². The molecule has 206 valence electrons. The highest BCUT2D eigenvalue weighted by Gasteiger charge is 2.17. The zero-order valence-electron chi connectivity index (χ0n) is 23.9. The van der Waals surface area contributed by atoms with Crippen LogP contribution in [0, 0.1) is 0 Å². The van der Waals surface area contributed by atoms with Crippen molar-refractivity contribution in [3.05, 3.63) is 164 Å². The molecule has 0 saturated heterocycles. The third kappa shape index (κ3) is 3.66. The van der Waals surface area contributed by atoms with Crippen LogP contribution in [0.4, 0.5) is 0 Å². The maximum atomic E-state index is 5.08. The summed E-state index contributed by atoms with van der Waals surface area (Å²) in [7, 11) is 0. The van der Waals surface area contributed by atoms with Crippen LogP contribution >= 0.6 is 0 Å². The molecular formula is C41H27N3. The molecule has 0 aliphatic rings. The van der Waals surface area contributed by atoms with Gasteiger partial charge in [0.15, 0.2) is 0 Å². The first-order valence-corrected chi connectivity index (χ1v) is 15.0. The number of benzene rings is 6. The molecule has 0 radical (unpaired) electrons. The Morgan fingerprint density at radius 2 is 0.727 bits per heavy atom. The SMILES string of the molecule is c1ccc(-n2c3ccccc3c3ccccc32)c(-c2ccc(-c3ccccc3-n3c4ccccc4c4ccccc43)nc2)c1. The summed E-state index contributed by atoms with van der Waals surface area (Å²) in [6.45, 7) is 0. The van der Waals surface area contributed by atoms with Crippen molar-refractivity contribution in [3.8, 4) is 33.8 Å². The average Bonchev–Trinajstić information content (AvgIpc) is 3.61. The molecule has 0 spiro atoms. The lowest BCUT2D eigenvalue weighted by atomic mass is 10.0. The number of aromatic nitrogens is 3. The predicted octanol–water partition coefficient (Wildman–Crippen LogP) is 10.6. The number of para-hydroxylation sites is 6. The number of nitrogens with zero attached hydrogens (tertiary/aromatic N) is 3. The molecule has 0 N–H and O–H groups in total. The fourth-order valence-corrected chi connectivity index (χ4v) is 6.87. The summed E-state index contributed by atoms with van der Waals surface area (Å²) in [5.74, 6) is 0. The van der Waals surface area contributed by atoms with Gasteiger partial charge < -0.3 is 9.13 Å². The maximum absolute atomic E-state index is 5.08. The smallest absolute Gasteiger partial charge is 0.0723 e. The molecule has 9 rings (SSSR count). The zero-order chi connectivity index (χ0) is 29.0. The summed E-state index contributed by atoms with van der Waals surface area (Å²) in [6, 6.07) is 56.1. The van der Waals surface area contributed by atoms with Gasteiger partial charge in [0.05, 0.1) is 39.1 Å². The third-order valence-electron chi connectivity index (χ3n) is 8.80. The molecular weight excluding hydrogens is 534 g/mol. The van der Waals surface area contributed by atoms with Crippen LogP contribution in [-0.4, -0.2) is 14.1 Å². The summed E-state index contributed by atoms with van der Waals surface area (Å²) in [5, 5.41) is 5.02. The van der Waals surface area contributed by atoms with E-state index in [0.29, 0.717) is 0 Å². The lowest BCUT2D eigenvalue weighted by molar-refractivity contribution is 1.17. The van der Waals surface area contributed by atoms with E-state index in [1.165, 1.54) is 43.6 Å². The Bertz CT molecular complexity index is 2210. The van der Waals surface area contributed by atoms with E-state index in [1.54, 1.807) is 0 Å². The lowest BCUT2D eigenvalue weighted by Gasteiger charge is -2.15. The van der Waals surface area contributed by atoms with Gasteiger partial charge in [-0.25, -0.2) is 0 Å². The second-order valence-electron chi connectivity index (χ2n) is 11.2. The van der Waals surface area contributed by atoms with Crippen LogP contribution in [0.25, 0.3) is 77.4 Å². The van der Waals surface area contributed by atoms with Gasteiger partial charge in [0.25, 0.3) is 0 Å². The quantitative estimate of drug-likeness (QED) is 0.210. The fourth-order valence-electron chi connectivity index (χ4n) is 6.87. The molecule has 3 nitrogen and oxygen atoms in total. The Morgan fingerprint density at radius 1 is 0.341 bits per heavy atom. The van der Waals surface area contributed by atoms with Gasteiger partial charge in [-0.3, -0.25) is 4.98 Å². The van der Waals surface area contributed by atoms with Crippen molar-refractivity contribution in [3.63, 3.8) is 0 Å². The molecule has 3 heterocycles. The highest BCUT2D eigenvalue weighted by molar-refractivity contribution is 6.10. The van der Waals surface area contributed by atoms with E-state index in [-0.39, 0.29) is 0 Å². The van der Waals surface area contributed by atoms with Crippen LogP contribution in [0.1, 0.15) is 0 Å². The molecule has 0 unspecified atom stereocenters. The average molecular weight is 562 g/mol. The summed E-state index contributed by atoms with van der Waals surface area (Å²) >= 11 is 0. The van der Waals surface area contributed by atoms with E-state index < -0.39 is 0 Å². The van der Waals surface area contributed by atoms with Crippen molar-refractivity contribution < 1.29 is 0 Å². The Hall–Kier alpha value is -5.93. The van der Waals surface area contributed by atoms with Crippen LogP contribution in [0.5, 0.6) is 0 Å². The summed E-state index contributed by atoms with van der Waals surface area (Å²) in [4.78, 5) is 5.08. The molecule has 9 aromatic rings. The monoisotopic (exact) mass is 561 g/mol. The Labute approximate surface area is 254 Å². The molecule has 0 aliphatic heterocycles. The molecule has 0 bridgehead atoms. The zero-order valence-corrected chi connectivity index (χ0v) is 23.9. The molecule has 6 aromatic carbocycles. The molecule has 0 saturated carbocycles. The minimum absolute atomic E-state index is 0.945. The van der Waals surface area contributed by atoms with Crippen LogP contribution in [0.2, 0.25) is 0 Å². The first kappa shape index (κ1) is 24.6. The van der Waals surface area contributed by atoms with Crippen LogP contribution in [0.15, 0.2) is 164 Å². The van der Waals surface area contributed by atoms with Crippen LogP contribution in [-0.2, 0) is 0 Å². The van der Waals surface area contributed by atoms with E-state index in [4.69, 9.17) is 4.98 Å². The van der Waals surface area contributed by atoms with E-state index in [0.717, 1.165) is 33.8 Å². The second-order valence-corrected chi connectivity index (χ2v) is 11.2. The minimum atomic E-state index is 0.945. The van der Waals surface area contributed by atoms with Crippen LogP contribution < -0.4 is 0 Å². The van der Waals surface area contributed by atoms with Crippen molar-refractivity contribution in [1.82, 2.24) is 14.1 Å². The summed E-state index contributed by atoms with van der Waals surface area (Å²) in [6.07, 6.45) is 2.02. The molecule has 3 aromatic heterocycles. The molecule has 0 aliphatic carbocycles. The standard InChI is InChI=1S/C41H27N3/c1-7-19-36(43-37-20-8-2-14-30(37)31-15-3-9-21-38(31)43)29(13-1)28-25-26-35(42-27-28)34-18-6-12-24-41(34)44-39-22-10-4-16-32(39)33-17-5-11-23-40(33)44/h1-27H. The molecule has 3 heteroatoms. The Kier molecular flexibility index (Phi) is 5.50. The van der Waals surface area contributed by atoms with Crippen molar-refractivity contribution in [2.75, 3.05) is 0 Å². The Morgan fingerprint density at radius 3 is 1.18 bits per heavy atom. The molecule has 0 amide bonds. The van der Waals surface area contributed by atoms with E-state index in [1.807, 2.05) is 6.20 Å². The van der Waals surface area contributed by atoms with Gasteiger partial charge in [-0.2, -0.15) is 0 Å². The number of fused-ring (bicyclic) bond motifs is 6. The molecule has 44 heavy (non-hydrogen) atoms. The van der Waals surface area contributed by atoms with Crippen molar-refractivity contribution in [2.24, 2.45) is 0 Å². The van der Waals surface area contributed by atoms with Gasteiger partial charge in [-0.05, 0) is 42.5 Å². The van der Waals surface area contributed by atoms with Crippen molar-refractivity contribution >= 4 is 43.6 Å². The number of rotatable bonds is 4. The lowest BCUT2D eigenvalue weighted by Crippen LogP contribution is -1.99. The molecule has 0 fully saturated rings. The largest absolute Gasteiger partial charge is 0.309 e. The maximum Gasteiger partial charge on any atom is 0.0723 e. The van der Waals surface area contributed by atoms with E-state index in [2.05, 4.69) is 167 Å². The summed E-state index contributed by atoms with van der Waals surface area (Å²) < 4.78 is 4.75. The van der Waals surface area contributed by atoms with Gasteiger partial charge in [0.2, 0.25) is 0 Å². The highest BCUT2D eigenvalue weighted by Crippen LogP contribution is 2.38. The number of pyridine rings is 1. The second kappa shape index (κ2) is 9.82. The van der Waals surface area contributed by atoms with E-state index >= 15 is 0 Å². The first-order chi connectivity index (χ1) is 21.9. The minimum Gasteiger partial charge on any atom is -0.309 e. The third-order valence-corrected chi connectivity index (χ3v) is 8.80. The highest BCUT2D eigenvalue weighted by atomic mass is 15.0. The van der Waals surface area contributed by atoms with Gasteiger partial charge in [-0.1, -0.05) is 115 Å². The van der Waals surface area contributed by atoms with Gasteiger partial charge in [-0.15, -0.1) is 0 Å². The predicted molar refractivity (Wildman–Crippen MR) is 184 cm³/mol. The Balaban J connectivity index is 1.19. The normalized spacial score (nSPS) is 11.6. The van der Waals surface area contributed by atoms with Gasteiger partial charge >= 0.3 is 0 Å². The number of hydrogen-bond donors (Lipinski definition) is 0. The number of hydrogen-bond acceptors (Lipinski definition) is 1. The van der Waals surface area contributed by atoms with Crippen molar-refractivity contribution in [2.45, 2.75) is 0 Å². The fraction of sp³-hybridized carbons (Fsp3) is 0.